The van der Waals surface area contributed by atoms with E-state index in [9.17, 15) is 5.11 Å². The third-order valence-corrected chi connectivity index (χ3v) is 5.80. The molecule has 126 valence electrons. The van der Waals surface area contributed by atoms with Crippen LogP contribution >= 0.6 is 15.9 Å². The molecule has 3 heterocycles. The summed E-state index contributed by atoms with van der Waals surface area (Å²) in [5.74, 6) is 1.89. The average Bonchev–Trinajstić information content (AvgIpc) is 3.11. The van der Waals surface area contributed by atoms with Gasteiger partial charge in [0.25, 0.3) is 0 Å². The van der Waals surface area contributed by atoms with E-state index in [1.54, 1.807) is 6.33 Å². The minimum atomic E-state index is 0.184. The second-order valence-corrected chi connectivity index (χ2v) is 7.31. The molecule has 2 aliphatic rings. The van der Waals surface area contributed by atoms with Crippen molar-refractivity contribution in [3.8, 4) is 0 Å². The van der Waals surface area contributed by atoms with E-state index in [0.29, 0.717) is 0 Å². The highest BCUT2D eigenvalue weighted by Gasteiger charge is 2.26. The third kappa shape index (κ3) is 2.89. The Kier molecular flexibility index (Phi) is 4.41. The summed E-state index contributed by atoms with van der Waals surface area (Å²) in [6.45, 7) is 2.96. The van der Waals surface area contributed by atoms with Crippen LogP contribution in [0.15, 0.2) is 35.1 Å². The molecule has 1 fully saturated rings. The summed E-state index contributed by atoms with van der Waals surface area (Å²) in [4.78, 5) is 13.5. The van der Waals surface area contributed by atoms with Gasteiger partial charge in [-0.15, -0.1) is 0 Å². The molecule has 0 saturated carbocycles. The molecular weight excluding hydrogens is 368 g/mol. The summed E-state index contributed by atoms with van der Waals surface area (Å²) in [6.07, 6.45) is 4.80. The maximum absolute atomic E-state index is 9.55. The van der Waals surface area contributed by atoms with Gasteiger partial charge in [0.2, 0.25) is 0 Å². The molecule has 1 atom stereocenters. The zero-order valence-electron chi connectivity index (χ0n) is 13.5. The van der Waals surface area contributed by atoms with Gasteiger partial charge >= 0.3 is 0 Å². The van der Waals surface area contributed by atoms with Gasteiger partial charge in [0.1, 0.15) is 18.0 Å². The van der Waals surface area contributed by atoms with Crippen molar-refractivity contribution in [3.05, 3.63) is 46.2 Å². The lowest BCUT2D eigenvalue weighted by Gasteiger charge is -2.31. The molecule has 0 spiro atoms. The second kappa shape index (κ2) is 6.69. The number of nitrogens with zero attached hydrogens (tertiary/aromatic N) is 4. The van der Waals surface area contributed by atoms with Crippen LogP contribution in [-0.4, -0.2) is 40.8 Å². The zero-order chi connectivity index (χ0) is 16.5. The molecule has 0 bridgehead atoms. The van der Waals surface area contributed by atoms with Gasteiger partial charge < -0.3 is 14.9 Å². The van der Waals surface area contributed by atoms with E-state index in [2.05, 4.69) is 60.0 Å². The predicted octanol–water partition coefficient (Wildman–Crippen LogP) is 2.76. The van der Waals surface area contributed by atoms with E-state index in [1.807, 2.05) is 0 Å². The molecule has 0 amide bonds. The Balaban J connectivity index is 1.59. The Bertz CT molecular complexity index is 739. The van der Waals surface area contributed by atoms with E-state index in [1.165, 1.54) is 15.6 Å². The van der Waals surface area contributed by atoms with E-state index in [0.717, 1.165) is 50.5 Å². The molecule has 0 radical (unpaired) electrons. The molecule has 2 aliphatic heterocycles. The van der Waals surface area contributed by atoms with Gasteiger partial charge in [0.05, 0.1) is 12.6 Å². The fourth-order valence-corrected chi connectivity index (χ4v) is 4.26. The van der Waals surface area contributed by atoms with Gasteiger partial charge in [-0.3, -0.25) is 0 Å². The lowest BCUT2D eigenvalue weighted by atomic mass is 10.00. The molecule has 1 saturated heterocycles. The van der Waals surface area contributed by atoms with Crippen molar-refractivity contribution in [1.82, 2.24) is 9.97 Å². The highest BCUT2D eigenvalue weighted by atomic mass is 79.9. The van der Waals surface area contributed by atoms with Crippen molar-refractivity contribution in [2.75, 3.05) is 29.5 Å². The molecule has 1 N–H and O–H groups in total. The maximum Gasteiger partial charge on any atom is 0.134 e. The minimum Gasteiger partial charge on any atom is -0.394 e. The first-order valence-corrected chi connectivity index (χ1v) is 9.26. The van der Waals surface area contributed by atoms with Crippen LogP contribution in [0.5, 0.6) is 0 Å². The molecule has 1 unspecified atom stereocenters. The molecule has 2 aromatic rings. The first-order valence-electron chi connectivity index (χ1n) is 8.47. The highest BCUT2D eigenvalue weighted by molar-refractivity contribution is 9.10. The Morgan fingerprint density at radius 3 is 2.96 bits per heavy atom. The molecule has 4 rings (SSSR count). The predicted molar refractivity (Wildman–Crippen MR) is 98.4 cm³/mol. The monoisotopic (exact) mass is 388 g/mol. The number of aliphatic hydroxyl groups is 1. The maximum atomic E-state index is 9.55. The van der Waals surface area contributed by atoms with Crippen molar-refractivity contribution >= 4 is 27.6 Å². The number of anilines is 2. The van der Waals surface area contributed by atoms with E-state index >= 15 is 0 Å². The van der Waals surface area contributed by atoms with Crippen LogP contribution in [0.4, 0.5) is 11.6 Å². The summed E-state index contributed by atoms with van der Waals surface area (Å²) < 4.78 is 1.17. The van der Waals surface area contributed by atoms with Crippen LogP contribution in [0.1, 0.15) is 24.0 Å². The fraction of sp³-hybridized carbons (Fsp3) is 0.444. The Labute approximate surface area is 150 Å². The molecule has 6 heteroatoms. The highest BCUT2D eigenvalue weighted by Crippen LogP contribution is 2.30. The summed E-state index contributed by atoms with van der Waals surface area (Å²) in [7, 11) is 0. The summed E-state index contributed by atoms with van der Waals surface area (Å²) >= 11 is 3.67. The standard InChI is InChI=1S/C18H21BrN4O/c19-16-5-1-3-13-6-8-22(10-15(13)16)17-9-18(21-12-20-17)23-7-2-4-14(23)11-24/h1,3,5,9,12,14,24H,2,4,6-8,10-11H2. The molecule has 0 aliphatic carbocycles. The van der Waals surface area contributed by atoms with Crippen LogP contribution in [0.2, 0.25) is 0 Å². The minimum absolute atomic E-state index is 0.184. The Hall–Kier alpha value is -1.66. The Morgan fingerprint density at radius 2 is 2.08 bits per heavy atom. The smallest absolute Gasteiger partial charge is 0.134 e. The van der Waals surface area contributed by atoms with Crippen molar-refractivity contribution < 1.29 is 5.11 Å². The lowest BCUT2D eigenvalue weighted by Crippen LogP contribution is -2.34. The number of rotatable bonds is 3. The molecular formula is C18H21BrN4O. The van der Waals surface area contributed by atoms with Crippen molar-refractivity contribution in [2.45, 2.75) is 31.8 Å². The van der Waals surface area contributed by atoms with Gasteiger partial charge in [0, 0.05) is 30.2 Å². The molecule has 5 nitrogen and oxygen atoms in total. The van der Waals surface area contributed by atoms with Gasteiger partial charge in [-0.25, -0.2) is 9.97 Å². The average molecular weight is 389 g/mol. The molecule has 24 heavy (non-hydrogen) atoms. The van der Waals surface area contributed by atoms with Crippen molar-refractivity contribution in [1.29, 1.82) is 0 Å². The third-order valence-electron chi connectivity index (χ3n) is 5.06. The summed E-state index contributed by atoms with van der Waals surface area (Å²) in [5, 5.41) is 9.55. The van der Waals surface area contributed by atoms with E-state index < -0.39 is 0 Å². The van der Waals surface area contributed by atoms with Gasteiger partial charge in [0.15, 0.2) is 0 Å². The number of fused-ring (bicyclic) bond motifs is 1. The van der Waals surface area contributed by atoms with Crippen LogP contribution in [0.25, 0.3) is 0 Å². The molecule has 1 aromatic carbocycles. The van der Waals surface area contributed by atoms with Crippen LogP contribution in [-0.2, 0) is 13.0 Å². The lowest BCUT2D eigenvalue weighted by molar-refractivity contribution is 0.266. The summed E-state index contributed by atoms with van der Waals surface area (Å²) in [6, 6.07) is 8.66. The van der Waals surface area contributed by atoms with E-state index in [-0.39, 0.29) is 12.6 Å². The number of hydrogen-bond donors (Lipinski definition) is 1. The van der Waals surface area contributed by atoms with Gasteiger partial charge in [-0.2, -0.15) is 0 Å². The zero-order valence-corrected chi connectivity index (χ0v) is 15.1. The first-order chi connectivity index (χ1) is 11.8. The normalized spacial score (nSPS) is 20.3. The summed E-state index contributed by atoms with van der Waals surface area (Å²) in [5.41, 5.74) is 2.76. The number of halogens is 1. The largest absolute Gasteiger partial charge is 0.394 e. The topological polar surface area (TPSA) is 52.5 Å². The number of hydrogen-bond acceptors (Lipinski definition) is 5. The van der Waals surface area contributed by atoms with Crippen molar-refractivity contribution in [3.63, 3.8) is 0 Å². The fourth-order valence-electron chi connectivity index (χ4n) is 3.73. The van der Waals surface area contributed by atoms with Crippen LogP contribution in [0.3, 0.4) is 0 Å². The van der Waals surface area contributed by atoms with Crippen LogP contribution < -0.4 is 9.80 Å². The number of benzene rings is 1. The van der Waals surface area contributed by atoms with Crippen molar-refractivity contribution in [2.24, 2.45) is 0 Å². The Morgan fingerprint density at radius 1 is 1.21 bits per heavy atom. The quantitative estimate of drug-likeness (QED) is 0.875. The number of aromatic nitrogens is 2. The van der Waals surface area contributed by atoms with E-state index in [4.69, 9.17) is 0 Å². The number of aliphatic hydroxyl groups excluding tert-OH is 1. The van der Waals surface area contributed by atoms with Gasteiger partial charge in [-0.05, 0) is 36.5 Å². The van der Waals surface area contributed by atoms with Gasteiger partial charge in [-0.1, -0.05) is 28.1 Å². The SMILES string of the molecule is OCC1CCCN1c1cc(N2CCc3cccc(Br)c3C2)ncn1. The second-order valence-electron chi connectivity index (χ2n) is 6.46. The molecule has 1 aromatic heterocycles. The van der Waals surface area contributed by atoms with Crippen LogP contribution in [0, 0.1) is 0 Å². The first kappa shape index (κ1) is 15.8.